The van der Waals surface area contributed by atoms with E-state index in [-0.39, 0.29) is 20.6 Å². The Morgan fingerprint density at radius 1 is 1.13 bits per heavy atom. The molecule has 0 saturated carbocycles. The second-order valence-corrected chi connectivity index (χ2v) is 11.4. The molecule has 0 amide bonds. The number of benzene rings is 2. The highest BCUT2D eigenvalue weighted by Crippen LogP contribution is 2.37. The summed E-state index contributed by atoms with van der Waals surface area (Å²) in [6.45, 7) is 5.01. The van der Waals surface area contributed by atoms with Crippen molar-refractivity contribution < 1.29 is 18.3 Å². The number of hydrogen-bond acceptors (Lipinski definition) is 3. The topological polar surface area (TPSA) is 90.5 Å². The smallest absolute Gasteiger partial charge is 0.328 e. The monoisotopic (exact) mass is 532 g/mol. The average molecular weight is 534 g/mol. The molecule has 2 aromatic carbocycles. The number of aromatic amines is 1. The lowest BCUT2D eigenvalue weighted by Crippen LogP contribution is -2.52. The number of aliphatic carboxylic acids is 1. The van der Waals surface area contributed by atoms with Crippen LogP contribution < -0.4 is 4.31 Å². The zero-order valence-electron chi connectivity index (χ0n) is 16.3. The first-order valence-electron chi connectivity index (χ1n) is 8.82. The number of carboxylic acid groups (broad SMARTS) is 1. The third kappa shape index (κ3) is 4.32. The fourth-order valence-electron chi connectivity index (χ4n) is 3.25. The van der Waals surface area contributed by atoms with Gasteiger partial charge in [0.25, 0.3) is 10.0 Å². The minimum atomic E-state index is -4.33. The first kappa shape index (κ1) is 22.9. The van der Waals surface area contributed by atoms with E-state index >= 15 is 0 Å². The number of fused-ring (bicyclic) bond motifs is 1. The van der Waals surface area contributed by atoms with Crippen LogP contribution >= 0.6 is 39.1 Å². The summed E-state index contributed by atoms with van der Waals surface area (Å²) in [7, 11) is -4.33. The van der Waals surface area contributed by atoms with E-state index in [0.717, 1.165) is 19.7 Å². The van der Waals surface area contributed by atoms with Gasteiger partial charge in [-0.3, -0.25) is 4.31 Å². The van der Waals surface area contributed by atoms with Gasteiger partial charge in [0.2, 0.25) is 0 Å². The molecule has 6 nitrogen and oxygen atoms in total. The van der Waals surface area contributed by atoms with Gasteiger partial charge in [-0.1, -0.05) is 44.0 Å². The van der Waals surface area contributed by atoms with Gasteiger partial charge < -0.3 is 10.1 Å². The molecule has 1 aromatic heterocycles. The summed E-state index contributed by atoms with van der Waals surface area (Å²) in [4.78, 5) is 15.1. The Balaban J connectivity index is 2.33. The number of carbonyl (C=O) groups is 1. The van der Waals surface area contributed by atoms with E-state index in [1.165, 1.54) is 18.2 Å². The molecule has 10 heteroatoms. The maximum Gasteiger partial charge on any atom is 0.328 e. The fourth-order valence-corrected chi connectivity index (χ4v) is 6.20. The van der Waals surface area contributed by atoms with Crippen LogP contribution in [0.5, 0.6) is 0 Å². The van der Waals surface area contributed by atoms with Crippen molar-refractivity contribution in [2.45, 2.75) is 31.7 Å². The number of hydrogen-bond donors (Lipinski definition) is 2. The van der Waals surface area contributed by atoms with Crippen LogP contribution in [0.3, 0.4) is 0 Å². The van der Waals surface area contributed by atoms with Crippen LogP contribution in [0.2, 0.25) is 10.0 Å². The summed E-state index contributed by atoms with van der Waals surface area (Å²) in [5.74, 6) is -1.27. The molecule has 1 heterocycles. The fraction of sp³-hybridized carbons (Fsp3) is 0.250. The lowest BCUT2D eigenvalue weighted by atomic mass is 9.86. The summed E-state index contributed by atoms with van der Waals surface area (Å²) in [5, 5.41) is 11.0. The van der Waals surface area contributed by atoms with E-state index in [9.17, 15) is 18.3 Å². The Morgan fingerprint density at radius 2 is 1.73 bits per heavy atom. The van der Waals surface area contributed by atoms with Gasteiger partial charge in [0, 0.05) is 31.6 Å². The molecule has 0 saturated heterocycles. The molecule has 0 bridgehead atoms. The number of anilines is 1. The van der Waals surface area contributed by atoms with E-state index in [1.807, 2.05) is 0 Å². The lowest BCUT2D eigenvalue weighted by Gasteiger charge is -2.37. The quantitative estimate of drug-likeness (QED) is 0.425. The van der Waals surface area contributed by atoms with E-state index < -0.39 is 27.4 Å². The molecule has 0 aliphatic carbocycles. The molecular weight excluding hydrogens is 515 g/mol. The summed E-state index contributed by atoms with van der Waals surface area (Å²) in [5.41, 5.74) is 0.0589. The van der Waals surface area contributed by atoms with Crippen molar-refractivity contribution in [3.05, 3.63) is 57.1 Å². The van der Waals surface area contributed by atoms with Gasteiger partial charge in [-0.15, -0.1) is 0 Å². The van der Waals surface area contributed by atoms with Gasteiger partial charge in [0.15, 0.2) is 0 Å². The molecule has 0 fully saturated rings. The molecule has 0 aliphatic rings. The molecule has 30 heavy (non-hydrogen) atoms. The number of rotatable bonds is 5. The van der Waals surface area contributed by atoms with Crippen LogP contribution in [0.4, 0.5) is 5.69 Å². The zero-order valence-corrected chi connectivity index (χ0v) is 20.2. The first-order valence-corrected chi connectivity index (χ1v) is 11.8. The number of nitrogens with one attached hydrogen (secondary N) is 1. The molecule has 1 atom stereocenters. The number of carboxylic acids is 1. The summed E-state index contributed by atoms with van der Waals surface area (Å²) in [6, 6.07) is 7.41. The highest BCUT2D eigenvalue weighted by molar-refractivity contribution is 9.10. The second kappa shape index (κ2) is 8.07. The lowest BCUT2D eigenvalue weighted by molar-refractivity contribution is -0.140. The molecule has 2 N–H and O–H groups in total. The molecule has 0 radical (unpaired) electrons. The highest BCUT2D eigenvalue weighted by atomic mass is 79.9. The highest BCUT2D eigenvalue weighted by Gasteiger charge is 2.43. The van der Waals surface area contributed by atoms with Crippen molar-refractivity contribution >= 4 is 71.7 Å². The molecule has 0 spiro atoms. The molecule has 3 aromatic rings. The van der Waals surface area contributed by atoms with E-state index in [1.54, 1.807) is 45.2 Å². The number of nitrogens with zero attached hydrogens (tertiary/aromatic N) is 1. The normalized spacial score (nSPS) is 13.4. The zero-order chi connectivity index (χ0) is 22.4. The number of H-pyrrole nitrogens is 1. The van der Waals surface area contributed by atoms with Crippen LogP contribution in [0.1, 0.15) is 20.8 Å². The SMILES string of the molecule is CC(C)(C)C(C(=O)O)N(c1ccc2[nH]cc(Br)c2c1)S(=O)(=O)c1cc(Cl)cc(Cl)c1. The molecular formula is C20H19BrCl2N2O4S. The Bertz CT molecular complexity index is 1220. The van der Waals surface area contributed by atoms with Crippen molar-refractivity contribution in [1.29, 1.82) is 0 Å². The van der Waals surface area contributed by atoms with E-state index in [2.05, 4.69) is 20.9 Å². The van der Waals surface area contributed by atoms with Crippen LogP contribution in [-0.4, -0.2) is 30.5 Å². The van der Waals surface area contributed by atoms with E-state index in [0.29, 0.717) is 0 Å². The molecule has 0 aliphatic heterocycles. The molecule has 160 valence electrons. The predicted octanol–water partition coefficient (Wildman–Crippen LogP) is 5.93. The van der Waals surface area contributed by atoms with Gasteiger partial charge in [-0.05, 0) is 57.7 Å². The van der Waals surface area contributed by atoms with Crippen LogP contribution in [0.15, 0.2) is 52.0 Å². The Morgan fingerprint density at radius 3 is 2.27 bits per heavy atom. The Labute approximate surface area is 193 Å². The van der Waals surface area contributed by atoms with Gasteiger partial charge >= 0.3 is 5.97 Å². The third-order valence-corrected chi connectivity index (χ3v) is 7.41. The van der Waals surface area contributed by atoms with Crippen molar-refractivity contribution in [2.75, 3.05) is 4.31 Å². The van der Waals surface area contributed by atoms with Crippen molar-refractivity contribution in [1.82, 2.24) is 4.98 Å². The van der Waals surface area contributed by atoms with Gasteiger partial charge in [-0.2, -0.15) is 0 Å². The maximum absolute atomic E-state index is 13.7. The number of aromatic nitrogens is 1. The maximum atomic E-state index is 13.7. The van der Waals surface area contributed by atoms with Crippen molar-refractivity contribution in [2.24, 2.45) is 5.41 Å². The van der Waals surface area contributed by atoms with Crippen molar-refractivity contribution in [3.63, 3.8) is 0 Å². The van der Waals surface area contributed by atoms with Gasteiger partial charge in [0.1, 0.15) is 6.04 Å². The first-order chi connectivity index (χ1) is 13.8. The minimum absolute atomic E-state index is 0.132. The van der Waals surface area contributed by atoms with Crippen LogP contribution in [-0.2, 0) is 14.8 Å². The molecule has 1 unspecified atom stereocenters. The average Bonchev–Trinajstić information content (AvgIpc) is 2.97. The second-order valence-electron chi connectivity index (χ2n) is 7.88. The van der Waals surface area contributed by atoms with Crippen molar-refractivity contribution in [3.8, 4) is 0 Å². The molecule has 3 rings (SSSR count). The number of sulfonamides is 1. The largest absolute Gasteiger partial charge is 0.480 e. The predicted molar refractivity (Wildman–Crippen MR) is 123 cm³/mol. The summed E-state index contributed by atoms with van der Waals surface area (Å²) >= 11 is 15.5. The van der Waals surface area contributed by atoms with Crippen LogP contribution in [0, 0.1) is 5.41 Å². The summed E-state index contributed by atoms with van der Waals surface area (Å²) in [6.07, 6.45) is 1.72. The van der Waals surface area contributed by atoms with Gasteiger partial charge in [-0.25, -0.2) is 13.2 Å². The minimum Gasteiger partial charge on any atom is -0.480 e. The van der Waals surface area contributed by atoms with Crippen LogP contribution in [0.25, 0.3) is 10.9 Å². The summed E-state index contributed by atoms with van der Waals surface area (Å²) < 4.78 is 29.1. The van der Waals surface area contributed by atoms with Gasteiger partial charge in [0.05, 0.1) is 10.6 Å². The Hall–Kier alpha value is -1.74. The third-order valence-electron chi connectivity index (χ3n) is 4.55. The number of halogens is 3. The standard InChI is InChI=1S/C20H19BrCl2N2O4S/c1-20(2,3)18(19(26)27)25(13-4-5-17-15(9-13)16(21)10-24-17)30(28,29)14-7-11(22)6-12(23)8-14/h4-10,18,24H,1-3H3,(H,26,27). The Kier molecular flexibility index (Phi) is 6.17. The van der Waals surface area contributed by atoms with E-state index in [4.69, 9.17) is 23.2 Å².